The number of hydrogen-bond acceptors (Lipinski definition) is 8. The Morgan fingerprint density at radius 1 is 1.37 bits per heavy atom. The molecule has 0 spiro atoms. The molecule has 164 valence electrons. The molecule has 0 radical (unpaired) electrons. The van der Waals surface area contributed by atoms with Gasteiger partial charge in [-0.1, -0.05) is 0 Å². The highest BCUT2D eigenvalue weighted by Gasteiger charge is 2.47. The minimum atomic E-state index is -5.72. The Morgan fingerprint density at radius 2 is 2.03 bits per heavy atom. The van der Waals surface area contributed by atoms with E-state index in [0.29, 0.717) is 23.6 Å². The first-order chi connectivity index (χ1) is 13.9. The van der Waals surface area contributed by atoms with Crippen molar-refractivity contribution in [2.75, 3.05) is 24.6 Å². The van der Waals surface area contributed by atoms with Crippen LogP contribution in [0, 0.1) is 11.3 Å². The van der Waals surface area contributed by atoms with Gasteiger partial charge in [-0.3, -0.25) is 14.2 Å². The van der Waals surface area contributed by atoms with Gasteiger partial charge in [0.1, 0.15) is 23.5 Å². The van der Waals surface area contributed by atoms with Crippen molar-refractivity contribution in [1.29, 1.82) is 5.26 Å². The molecule has 30 heavy (non-hydrogen) atoms. The van der Waals surface area contributed by atoms with Crippen LogP contribution in [0.3, 0.4) is 0 Å². The van der Waals surface area contributed by atoms with Crippen molar-refractivity contribution in [1.82, 2.24) is 0 Å². The molecular weight excluding hydrogens is 425 g/mol. The van der Waals surface area contributed by atoms with Gasteiger partial charge in [0.2, 0.25) is 0 Å². The number of anilines is 1. The van der Waals surface area contributed by atoms with Crippen LogP contribution in [0.25, 0.3) is 0 Å². The van der Waals surface area contributed by atoms with E-state index in [9.17, 15) is 26.9 Å². The summed E-state index contributed by atoms with van der Waals surface area (Å²) < 4.78 is 69.6. The molecule has 8 nitrogen and oxygen atoms in total. The van der Waals surface area contributed by atoms with E-state index in [-0.39, 0.29) is 17.8 Å². The second-order valence-corrected chi connectivity index (χ2v) is 8.42. The van der Waals surface area contributed by atoms with Crippen LogP contribution < -0.4 is 4.90 Å². The molecule has 0 amide bonds. The van der Waals surface area contributed by atoms with Crippen molar-refractivity contribution >= 4 is 39.6 Å². The fraction of sp³-hybridized carbons (Fsp3) is 0.500. The molecule has 0 unspecified atom stereocenters. The molecule has 0 aromatic heterocycles. The van der Waals surface area contributed by atoms with E-state index in [0.717, 1.165) is 0 Å². The second kappa shape index (κ2) is 9.11. The Labute approximate surface area is 172 Å². The van der Waals surface area contributed by atoms with Crippen LogP contribution in [0.4, 0.5) is 30.2 Å². The summed E-state index contributed by atoms with van der Waals surface area (Å²) in [5.74, 6) is 0. The minimum Gasteiger partial charge on any atom is -0.369 e. The zero-order valence-electron chi connectivity index (χ0n) is 16.6. The maximum absolute atomic E-state index is 12.5. The predicted molar refractivity (Wildman–Crippen MR) is 106 cm³/mol. The van der Waals surface area contributed by atoms with Gasteiger partial charge in [0.25, 0.3) is 0 Å². The van der Waals surface area contributed by atoms with Crippen molar-refractivity contribution in [2.24, 2.45) is 9.98 Å². The SMILES string of the molecule is C=Nc1c(C#N)ccc(N2C[C@H](COS(=O)(=O)C(F)(F)F)O[C@H](C)C2)c1N=C(C)C. The van der Waals surface area contributed by atoms with E-state index in [1.54, 1.807) is 37.8 Å². The topological polar surface area (TPSA) is 104 Å². The summed E-state index contributed by atoms with van der Waals surface area (Å²) in [6, 6.07) is 5.21. The quantitative estimate of drug-likeness (QED) is 0.377. The van der Waals surface area contributed by atoms with Crippen LogP contribution in [-0.2, 0) is 19.0 Å². The van der Waals surface area contributed by atoms with Gasteiger partial charge < -0.3 is 9.64 Å². The average Bonchev–Trinajstić information content (AvgIpc) is 2.64. The summed E-state index contributed by atoms with van der Waals surface area (Å²) in [4.78, 5) is 10.1. The highest BCUT2D eigenvalue weighted by atomic mass is 32.2. The van der Waals surface area contributed by atoms with Crippen LogP contribution in [0.2, 0.25) is 0 Å². The molecule has 0 bridgehead atoms. The predicted octanol–water partition coefficient (Wildman–Crippen LogP) is 3.46. The van der Waals surface area contributed by atoms with Crippen molar-refractivity contribution in [3.8, 4) is 6.07 Å². The summed E-state index contributed by atoms with van der Waals surface area (Å²) >= 11 is 0. The van der Waals surface area contributed by atoms with Gasteiger partial charge in [-0.05, 0) is 39.6 Å². The number of benzene rings is 1. The monoisotopic (exact) mass is 446 g/mol. The first-order valence-corrected chi connectivity index (χ1v) is 10.2. The maximum atomic E-state index is 12.5. The Bertz CT molecular complexity index is 982. The van der Waals surface area contributed by atoms with Gasteiger partial charge >= 0.3 is 15.6 Å². The molecule has 1 saturated heterocycles. The van der Waals surface area contributed by atoms with E-state index < -0.39 is 34.4 Å². The van der Waals surface area contributed by atoms with Crippen LogP contribution in [0.5, 0.6) is 0 Å². The van der Waals surface area contributed by atoms with E-state index >= 15 is 0 Å². The zero-order valence-corrected chi connectivity index (χ0v) is 17.4. The van der Waals surface area contributed by atoms with Crippen LogP contribution in [0.1, 0.15) is 26.3 Å². The molecule has 1 aromatic rings. The minimum absolute atomic E-state index is 0.0471. The van der Waals surface area contributed by atoms with Gasteiger partial charge in [0, 0.05) is 18.8 Å². The molecular formula is C18H21F3N4O4S. The Balaban J connectivity index is 2.36. The Morgan fingerprint density at radius 3 is 2.57 bits per heavy atom. The lowest BCUT2D eigenvalue weighted by molar-refractivity contribution is -0.0656. The van der Waals surface area contributed by atoms with E-state index in [1.807, 2.05) is 6.07 Å². The number of hydrogen-bond donors (Lipinski definition) is 0. The molecule has 1 aliphatic rings. The number of nitrogens with zero attached hydrogens (tertiary/aromatic N) is 4. The summed E-state index contributed by atoms with van der Waals surface area (Å²) in [6.45, 7) is 8.32. The highest BCUT2D eigenvalue weighted by Crippen LogP contribution is 2.41. The number of ether oxygens (including phenoxy) is 1. The third kappa shape index (κ3) is 5.35. The number of morpholine rings is 1. The number of aliphatic imine (C=N–C) groups is 2. The van der Waals surface area contributed by atoms with Crippen LogP contribution in [0.15, 0.2) is 22.1 Å². The average molecular weight is 446 g/mol. The van der Waals surface area contributed by atoms with Crippen LogP contribution >= 0.6 is 0 Å². The van der Waals surface area contributed by atoms with Crippen molar-refractivity contribution < 1.29 is 30.5 Å². The van der Waals surface area contributed by atoms with Gasteiger partial charge in [0.15, 0.2) is 0 Å². The summed E-state index contributed by atoms with van der Waals surface area (Å²) in [5.41, 5.74) is -3.31. The van der Waals surface area contributed by atoms with Crippen LogP contribution in [-0.4, -0.2) is 58.3 Å². The van der Waals surface area contributed by atoms with Gasteiger partial charge in [-0.15, -0.1) is 0 Å². The summed E-state index contributed by atoms with van der Waals surface area (Å²) in [5, 5.41) is 9.32. The number of halogens is 3. The lowest BCUT2D eigenvalue weighted by Gasteiger charge is -2.38. The van der Waals surface area contributed by atoms with Gasteiger partial charge in [-0.2, -0.15) is 26.9 Å². The normalized spacial score (nSPS) is 19.8. The first-order valence-electron chi connectivity index (χ1n) is 8.81. The molecule has 1 aromatic carbocycles. The van der Waals surface area contributed by atoms with E-state index in [4.69, 9.17) is 4.74 Å². The molecule has 2 rings (SSSR count). The maximum Gasteiger partial charge on any atom is 0.523 e. The van der Waals surface area contributed by atoms with E-state index in [1.165, 1.54) is 0 Å². The molecule has 1 heterocycles. The lowest BCUT2D eigenvalue weighted by atomic mass is 10.1. The first kappa shape index (κ1) is 23.8. The third-order valence-electron chi connectivity index (χ3n) is 4.10. The number of nitriles is 1. The fourth-order valence-corrected chi connectivity index (χ4v) is 3.44. The Hall–Kier alpha value is -2.49. The molecule has 1 aliphatic heterocycles. The van der Waals surface area contributed by atoms with Crippen molar-refractivity contribution in [3.63, 3.8) is 0 Å². The summed E-state index contributed by atoms with van der Waals surface area (Å²) in [7, 11) is -5.72. The highest BCUT2D eigenvalue weighted by molar-refractivity contribution is 7.87. The second-order valence-electron chi connectivity index (χ2n) is 6.82. The largest absolute Gasteiger partial charge is 0.523 e. The van der Waals surface area contributed by atoms with Gasteiger partial charge in [-0.25, -0.2) is 0 Å². The summed E-state index contributed by atoms with van der Waals surface area (Å²) in [6.07, 6.45) is -1.38. The molecule has 0 saturated carbocycles. The lowest BCUT2D eigenvalue weighted by Crippen LogP contribution is -2.49. The standard InChI is InChI=1S/C18H21F3N4O4S/c1-11(2)24-17-15(6-5-13(7-22)16(17)23-4)25-8-12(3)29-14(9-25)10-28-30(26,27)18(19,20)21/h5-6,12,14H,4,8-10H2,1-3H3/t12-,14-/m1/s1. The van der Waals surface area contributed by atoms with Crippen molar-refractivity contribution in [2.45, 2.75) is 38.5 Å². The Kier molecular flexibility index (Phi) is 7.23. The molecule has 1 fully saturated rings. The third-order valence-corrected chi connectivity index (χ3v) is 5.12. The molecule has 2 atom stereocenters. The van der Waals surface area contributed by atoms with E-state index in [2.05, 4.69) is 20.9 Å². The number of rotatable bonds is 6. The fourth-order valence-electron chi connectivity index (χ4n) is 2.97. The van der Waals surface area contributed by atoms with Gasteiger partial charge in [0.05, 0.1) is 24.0 Å². The molecule has 0 N–H and O–H groups in total. The van der Waals surface area contributed by atoms with Crippen molar-refractivity contribution in [3.05, 3.63) is 17.7 Å². The molecule has 0 aliphatic carbocycles. The smallest absolute Gasteiger partial charge is 0.369 e. The number of alkyl halides is 3. The molecule has 12 heteroatoms. The zero-order chi connectivity index (χ0) is 22.7.